The Kier molecular flexibility index (Phi) is 4.04. The quantitative estimate of drug-likeness (QED) is 0.207. The third-order valence-corrected chi connectivity index (χ3v) is 6.36. The Morgan fingerprint density at radius 3 is 2.30 bits per heavy atom. The Morgan fingerprint density at radius 2 is 1.61 bits per heavy atom. The van der Waals surface area contributed by atoms with E-state index in [1.807, 2.05) is 6.07 Å². The summed E-state index contributed by atoms with van der Waals surface area (Å²) in [5, 5.41) is 14.1. The summed E-state index contributed by atoms with van der Waals surface area (Å²) >= 11 is 0. The van der Waals surface area contributed by atoms with Crippen LogP contribution in [0, 0.1) is 23.7 Å². The van der Waals surface area contributed by atoms with Crippen molar-refractivity contribution in [2.75, 3.05) is 0 Å². The first kappa shape index (κ1) is 19.7. The second-order valence-corrected chi connectivity index (χ2v) is 10.2. The minimum atomic E-state index is 0.184. The van der Waals surface area contributed by atoms with Gasteiger partial charge in [0.1, 0.15) is 11.7 Å². The van der Waals surface area contributed by atoms with Crippen molar-refractivity contribution in [1.29, 1.82) is 5.26 Å². The van der Waals surface area contributed by atoms with Crippen molar-refractivity contribution in [1.82, 2.24) is 14.4 Å². The predicted molar refractivity (Wildman–Crippen MR) is 136 cm³/mol. The molecule has 3 heterocycles. The maximum atomic E-state index is 9.59. The van der Waals surface area contributed by atoms with E-state index in [9.17, 15) is 5.26 Å². The number of pyridine rings is 2. The van der Waals surface area contributed by atoms with E-state index >= 15 is 0 Å². The van der Waals surface area contributed by atoms with E-state index in [2.05, 4.69) is 86.7 Å². The first-order chi connectivity index (χ1) is 15.8. The number of aromatic nitrogens is 3. The fourth-order valence-corrected chi connectivity index (χ4v) is 5.07. The fraction of sp³-hybridized carbons (Fsp3) is 0.207. The lowest BCUT2D eigenvalue weighted by molar-refractivity contribution is 0.411. The largest absolute Gasteiger partial charge is 0.290 e. The lowest BCUT2D eigenvalue weighted by Crippen LogP contribution is -2.09. The summed E-state index contributed by atoms with van der Waals surface area (Å²) in [4.78, 5) is 9.90. The van der Waals surface area contributed by atoms with Crippen molar-refractivity contribution >= 4 is 49.3 Å². The number of nitriles is 1. The van der Waals surface area contributed by atoms with E-state index in [1.165, 1.54) is 21.9 Å². The highest BCUT2D eigenvalue weighted by atomic mass is 15.0. The zero-order valence-corrected chi connectivity index (χ0v) is 19.3. The highest BCUT2D eigenvalue weighted by Crippen LogP contribution is 2.35. The van der Waals surface area contributed by atoms with E-state index in [1.54, 1.807) is 6.20 Å². The van der Waals surface area contributed by atoms with Crippen molar-refractivity contribution in [2.24, 2.45) is 5.41 Å². The molecule has 6 rings (SSSR count). The van der Waals surface area contributed by atoms with Crippen LogP contribution in [-0.2, 0) is 6.42 Å². The third-order valence-electron chi connectivity index (χ3n) is 6.36. The number of nitrogens with zero attached hydrogens (tertiary/aromatic N) is 4. The van der Waals surface area contributed by atoms with Gasteiger partial charge in [0.05, 0.1) is 27.6 Å². The van der Waals surface area contributed by atoms with Gasteiger partial charge in [0, 0.05) is 17.0 Å². The van der Waals surface area contributed by atoms with Gasteiger partial charge in [-0.25, -0.2) is 4.98 Å². The molecule has 0 aliphatic carbocycles. The second kappa shape index (κ2) is 6.76. The van der Waals surface area contributed by atoms with Gasteiger partial charge in [-0.1, -0.05) is 51.1 Å². The normalized spacial score (nSPS) is 12.3. The Morgan fingerprint density at radius 1 is 0.909 bits per heavy atom. The molecule has 0 aliphatic heterocycles. The SMILES string of the molecule is Cc1cc(CC(C)(C)C)cc2c1nc1c3cc4ccccc4cc3c3ncc(C#N)cc3n21. The van der Waals surface area contributed by atoms with E-state index in [0.29, 0.717) is 5.56 Å². The monoisotopic (exact) mass is 428 g/mol. The molecule has 4 nitrogen and oxygen atoms in total. The molecule has 3 aromatic carbocycles. The topological polar surface area (TPSA) is 54.0 Å². The van der Waals surface area contributed by atoms with E-state index in [0.717, 1.165) is 44.9 Å². The summed E-state index contributed by atoms with van der Waals surface area (Å²) in [6, 6.07) is 21.5. The van der Waals surface area contributed by atoms with Crippen LogP contribution in [0.1, 0.15) is 37.5 Å². The van der Waals surface area contributed by atoms with Crippen molar-refractivity contribution in [3.63, 3.8) is 0 Å². The average molecular weight is 429 g/mol. The number of hydrogen-bond acceptors (Lipinski definition) is 3. The minimum absolute atomic E-state index is 0.184. The van der Waals surface area contributed by atoms with Crippen molar-refractivity contribution in [3.8, 4) is 6.07 Å². The van der Waals surface area contributed by atoms with Gasteiger partial charge in [-0.3, -0.25) is 9.38 Å². The summed E-state index contributed by atoms with van der Waals surface area (Å²) < 4.78 is 2.20. The van der Waals surface area contributed by atoms with Gasteiger partial charge in [-0.05, 0) is 64.9 Å². The van der Waals surface area contributed by atoms with Gasteiger partial charge >= 0.3 is 0 Å². The van der Waals surface area contributed by atoms with E-state index in [-0.39, 0.29) is 5.41 Å². The highest BCUT2D eigenvalue weighted by Gasteiger charge is 2.19. The number of rotatable bonds is 1. The van der Waals surface area contributed by atoms with Gasteiger partial charge < -0.3 is 0 Å². The summed E-state index contributed by atoms with van der Waals surface area (Å²) in [6.07, 6.45) is 2.65. The first-order valence-corrected chi connectivity index (χ1v) is 11.3. The molecule has 0 atom stereocenters. The molecule has 0 fully saturated rings. The van der Waals surface area contributed by atoms with Crippen LogP contribution < -0.4 is 0 Å². The Balaban J connectivity index is 1.86. The Bertz CT molecular complexity index is 1790. The van der Waals surface area contributed by atoms with Gasteiger partial charge in [-0.15, -0.1) is 0 Å². The van der Waals surface area contributed by atoms with Crippen LogP contribution in [-0.4, -0.2) is 14.4 Å². The van der Waals surface area contributed by atoms with Crippen molar-refractivity contribution in [2.45, 2.75) is 34.1 Å². The summed E-state index contributed by atoms with van der Waals surface area (Å²) in [6.45, 7) is 8.92. The lowest BCUT2D eigenvalue weighted by atomic mass is 9.87. The zero-order valence-electron chi connectivity index (χ0n) is 19.3. The molecule has 4 heteroatoms. The van der Waals surface area contributed by atoms with Crippen molar-refractivity contribution < 1.29 is 0 Å². The van der Waals surface area contributed by atoms with Gasteiger partial charge in [-0.2, -0.15) is 5.26 Å². The van der Waals surface area contributed by atoms with Crippen LogP contribution in [0.5, 0.6) is 0 Å². The molecule has 0 radical (unpaired) electrons. The molecule has 0 N–H and O–H groups in total. The molecule has 0 aliphatic rings. The summed E-state index contributed by atoms with van der Waals surface area (Å²) in [5.74, 6) is 0. The smallest absolute Gasteiger partial charge is 0.146 e. The van der Waals surface area contributed by atoms with Gasteiger partial charge in [0.15, 0.2) is 0 Å². The molecule has 0 amide bonds. The summed E-state index contributed by atoms with van der Waals surface area (Å²) in [5.41, 5.74) is 7.98. The molecule has 0 unspecified atom stereocenters. The standard InChI is InChI=1S/C29H24N4/c1-17-9-18(14-29(2,3)4)10-24-26(17)32-28-23-13-21-8-6-5-7-20(21)12-22(23)27-25(33(24)28)11-19(15-30)16-31-27/h5-13,16H,14H2,1-4H3. The molecule has 0 saturated heterocycles. The van der Waals surface area contributed by atoms with Crippen LogP contribution in [0.4, 0.5) is 0 Å². The van der Waals surface area contributed by atoms with E-state index in [4.69, 9.17) is 9.97 Å². The predicted octanol–water partition coefficient (Wildman–Crippen LogP) is 7.11. The van der Waals surface area contributed by atoms with Crippen molar-refractivity contribution in [3.05, 3.63) is 77.5 Å². The van der Waals surface area contributed by atoms with Gasteiger partial charge in [0.25, 0.3) is 0 Å². The minimum Gasteiger partial charge on any atom is -0.290 e. The van der Waals surface area contributed by atoms with Crippen LogP contribution in [0.15, 0.2) is 60.8 Å². The van der Waals surface area contributed by atoms with Crippen LogP contribution in [0.3, 0.4) is 0 Å². The molecule has 160 valence electrons. The molecular weight excluding hydrogens is 404 g/mol. The Labute approximate surface area is 192 Å². The number of benzene rings is 3. The van der Waals surface area contributed by atoms with Crippen LogP contribution in [0.2, 0.25) is 0 Å². The molecule has 6 aromatic rings. The number of aryl methyl sites for hydroxylation is 1. The molecule has 0 saturated carbocycles. The molecular formula is C29H24N4. The van der Waals surface area contributed by atoms with Crippen LogP contribution >= 0.6 is 0 Å². The average Bonchev–Trinajstić information content (AvgIpc) is 3.17. The van der Waals surface area contributed by atoms with E-state index < -0.39 is 0 Å². The Hall–Kier alpha value is -3.97. The second-order valence-electron chi connectivity index (χ2n) is 10.2. The lowest BCUT2D eigenvalue weighted by Gasteiger charge is -2.18. The third kappa shape index (κ3) is 3.04. The number of imidazole rings is 1. The molecule has 33 heavy (non-hydrogen) atoms. The molecule has 3 aromatic heterocycles. The molecule has 0 bridgehead atoms. The maximum Gasteiger partial charge on any atom is 0.146 e. The number of hydrogen-bond donors (Lipinski definition) is 0. The first-order valence-electron chi connectivity index (χ1n) is 11.3. The maximum absolute atomic E-state index is 9.59. The highest BCUT2D eigenvalue weighted by molar-refractivity contribution is 6.16. The van der Waals surface area contributed by atoms with Crippen LogP contribution in [0.25, 0.3) is 49.3 Å². The van der Waals surface area contributed by atoms with Gasteiger partial charge in [0.2, 0.25) is 0 Å². The summed E-state index contributed by atoms with van der Waals surface area (Å²) in [7, 11) is 0. The zero-order chi connectivity index (χ0) is 22.9. The fourth-order valence-electron chi connectivity index (χ4n) is 5.07. The number of fused-ring (bicyclic) bond motifs is 9. The molecule has 0 spiro atoms.